The van der Waals surface area contributed by atoms with E-state index in [-0.39, 0.29) is 18.2 Å². The molecule has 1 aromatic carbocycles. The summed E-state index contributed by atoms with van der Waals surface area (Å²) in [6.07, 6.45) is 2.33. The minimum Gasteiger partial charge on any atom is -0.378 e. The van der Waals surface area contributed by atoms with Gasteiger partial charge in [0.25, 0.3) is 5.91 Å². The monoisotopic (exact) mass is 432 g/mol. The third-order valence-corrected chi connectivity index (χ3v) is 5.63. The van der Waals surface area contributed by atoms with Crippen molar-refractivity contribution in [3.05, 3.63) is 59.4 Å². The molecule has 1 N–H and O–H groups in total. The van der Waals surface area contributed by atoms with Crippen molar-refractivity contribution < 1.29 is 19.1 Å². The van der Waals surface area contributed by atoms with Crippen LogP contribution in [0.3, 0.4) is 0 Å². The van der Waals surface area contributed by atoms with Crippen molar-refractivity contribution in [1.82, 2.24) is 30.2 Å². The Kier molecular flexibility index (Phi) is 4.98. The maximum Gasteiger partial charge on any atom is 0.255 e. The van der Waals surface area contributed by atoms with Crippen LogP contribution in [-0.4, -0.2) is 55.8 Å². The lowest BCUT2D eigenvalue weighted by molar-refractivity contribution is -0.136. The van der Waals surface area contributed by atoms with E-state index < -0.39 is 11.9 Å². The molecule has 1 unspecified atom stereocenters. The zero-order valence-electron chi connectivity index (χ0n) is 17.3. The highest BCUT2D eigenvalue weighted by molar-refractivity contribution is 6.05. The maximum absolute atomic E-state index is 12.9. The Bertz CT molecular complexity index is 1240. The number of pyridine rings is 1. The predicted molar refractivity (Wildman–Crippen MR) is 111 cm³/mol. The maximum atomic E-state index is 12.9. The first kappa shape index (κ1) is 20.0. The largest absolute Gasteiger partial charge is 0.378 e. The Hall–Kier alpha value is -3.92. The molecule has 0 radical (unpaired) electrons. The van der Waals surface area contributed by atoms with Crippen LogP contribution in [0.5, 0.6) is 0 Å². The van der Waals surface area contributed by atoms with Gasteiger partial charge in [0.15, 0.2) is 5.82 Å². The number of imide groups is 1. The number of aromatic nitrogens is 4. The number of benzene rings is 1. The summed E-state index contributed by atoms with van der Waals surface area (Å²) in [5.41, 5.74) is 3.60. The first-order chi connectivity index (χ1) is 15.5. The van der Waals surface area contributed by atoms with Crippen molar-refractivity contribution in [3.8, 4) is 17.1 Å². The molecule has 10 heteroatoms. The second-order valence-corrected chi connectivity index (χ2v) is 7.74. The summed E-state index contributed by atoms with van der Waals surface area (Å²) in [7, 11) is 1.61. The van der Waals surface area contributed by atoms with Gasteiger partial charge in [-0.25, -0.2) is 9.67 Å². The molecule has 4 heterocycles. The smallest absolute Gasteiger partial charge is 0.255 e. The summed E-state index contributed by atoms with van der Waals surface area (Å²) in [6, 6.07) is 10.4. The van der Waals surface area contributed by atoms with Crippen molar-refractivity contribution >= 4 is 17.7 Å². The number of hydrogen-bond donors (Lipinski definition) is 1. The molecule has 2 aliphatic heterocycles. The van der Waals surface area contributed by atoms with Crippen LogP contribution in [0.1, 0.15) is 34.5 Å². The van der Waals surface area contributed by atoms with Crippen LogP contribution in [0, 0.1) is 0 Å². The average Bonchev–Trinajstić information content (AvgIpc) is 3.40. The van der Waals surface area contributed by atoms with Gasteiger partial charge in [-0.15, -0.1) is 5.10 Å². The topological polar surface area (TPSA) is 119 Å². The predicted octanol–water partition coefficient (Wildman–Crippen LogP) is 1.24. The molecule has 0 aliphatic carbocycles. The van der Waals surface area contributed by atoms with Crippen LogP contribution >= 0.6 is 0 Å². The highest BCUT2D eigenvalue weighted by Crippen LogP contribution is 2.30. The molecule has 0 bridgehead atoms. The third-order valence-electron chi connectivity index (χ3n) is 5.63. The minimum atomic E-state index is -0.637. The number of fused-ring (bicyclic) bond motifs is 1. The number of carbonyl (C=O) groups excluding carboxylic acids is 3. The SMILES string of the molecule is COCc1cccc(-n2cc(-c3ccc4c(c3)CN(C3CCC(=O)NC3=O)C4=O)nn2)n1. The Morgan fingerprint density at radius 1 is 1.19 bits per heavy atom. The van der Waals surface area contributed by atoms with Gasteiger partial charge in [0.1, 0.15) is 11.7 Å². The molecule has 1 fully saturated rings. The number of carbonyl (C=O) groups is 3. The van der Waals surface area contributed by atoms with Crippen LogP contribution in [0.25, 0.3) is 17.1 Å². The normalized spacial score (nSPS) is 18.1. The zero-order valence-corrected chi connectivity index (χ0v) is 17.3. The van der Waals surface area contributed by atoms with Gasteiger partial charge in [-0.05, 0) is 36.2 Å². The zero-order chi connectivity index (χ0) is 22.2. The van der Waals surface area contributed by atoms with Gasteiger partial charge >= 0.3 is 0 Å². The van der Waals surface area contributed by atoms with Crippen LogP contribution in [0.4, 0.5) is 0 Å². The summed E-state index contributed by atoms with van der Waals surface area (Å²) in [4.78, 5) is 42.5. The van der Waals surface area contributed by atoms with E-state index in [4.69, 9.17) is 4.74 Å². The summed E-state index contributed by atoms with van der Waals surface area (Å²) in [6.45, 7) is 0.709. The van der Waals surface area contributed by atoms with Gasteiger partial charge in [-0.3, -0.25) is 19.7 Å². The number of nitrogens with one attached hydrogen (secondary N) is 1. The van der Waals surface area contributed by atoms with Crippen molar-refractivity contribution in [1.29, 1.82) is 0 Å². The van der Waals surface area contributed by atoms with Crippen molar-refractivity contribution in [2.45, 2.75) is 32.0 Å². The molecular formula is C22H20N6O4. The molecule has 2 aliphatic rings. The summed E-state index contributed by atoms with van der Waals surface area (Å²) < 4.78 is 6.71. The quantitative estimate of drug-likeness (QED) is 0.603. The van der Waals surface area contributed by atoms with E-state index in [0.29, 0.717) is 36.6 Å². The van der Waals surface area contributed by atoms with Crippen LogP contribution < -0.4 is 5.32 Å². The minimum absolute atomic E-state index is 0.205. The van der Waals surface area contributed by atoms with E-state index >= 15 is 0 Å². The molecule has 0 saturated carbocycles. The van der Waals surface area contributed by atoms with Gasteiger partial charge in [0, 0.05) is 31.2 Å². The lowest BCUT2D eigenvalue weighted by Gasteiger charge is -2.29. The van der Waals surface area contributed by atoms with E-state index in [1.54, 1.807) is 24.1 Å². The first-order valence-corrected chi connectivity index (χ1v) is 10.2. The number of piperidine rings is 1. The van der Waals surface area contributed by atoms with Crippen molar-refractivity contribution in [2.24, 2.45) is 0 Å². The fourth-order valence-electron chi connectivity index (χ4n) is 4.06. The number of nitrogens with zero attached hydrogens (tertiary/aromatic N) is 5. The van der Waals surface area contributed by atoms with Crippen LogP contribution in [-0.2, 0) is 27.5 Å². The number of ether oxygens (including phenoxy) is 1. The molecule has 5 rings (SSSR count). The van der Waals surface area contributed by atoms with Crippen molar-refractivity contribution in [2.75, 3.05) is 7.11 Å². The molecule has 0 spiro atoms. The molecule has 162 valence electrons. The highest BCUT2D eigenvalue weighted by Gasteiger charge is 2.39. The summed E-state index contributed by atoms with van der Waals surface area (Å²) in [5, 5.41) is 10.7. The summed E-state index contributed by atoms with van der Waals surface area (Å²) >= 11 is 0. The molecular weight excluding hydrogens is 412 g/mol. The fraction of sp³-hybridized carbons (Fsp3) is 0.273. The van der Waals surface area contributed by atoms with Gasteiger partial charge in [0.2, 0.25) is 11.8 Å². The molecule has 3 amide bonds. The van der Waals surface area contributed by atoms with Crippen molar-refractivity contribution in [3.63, 3.8) is 0 Å². The lowest BCUT2D eigenvalue weighted by Crippen LogP contribution is -2.52. The Morgan fingerprint density at radius 3 is 2.88 bits per heavy atom. The number of amides is 3. The van der Waals surface area contributed by atoms with E-state index in [9.17, 15) is 14.4 Å². The second kappa shape index (κ2) is 7.97. The van der Waals surface area contributed by atoms with Crippen LogP contribution in [0.2, 0.25) is 0 Å². The summed E-state index contributed by atoms with van der Waals surface area (Å²) in [5.74, 6) is -0.306. The molecule has 2 aromatic heterocycles. The van der Waals surface area contributed by atoms with E-state index in [0.717, 1.165) is 16.8 Å². The lowest BCUT2D eigenvalue weighted by atomic mass is 10.0. The standard InChI is InChI=1S/C22H20N6O4/c1-32-12-15-3-2-4-19(23-15)28-11-17(25-26-28)13-5-6-16-14(9-13)10-27(22(16)31)18-7-8-20(29)24-21(18)30/h2-6,9,11,18H,7-8,10,12H2,1H3,(H,24,29,30). The third kappa shape index (κ3) is 3.54. The number of methoxy groups -OCH3 is 1. The molecule has 3 aromatic rings. The van der Waals surface area contributed by atoms with E-state index in [1.165, 1.54) is 4.90 Å². The number of rotatable bonds is 5. The van der Waals surface area contributed by atoms with E-state index in [2.05, 4.69) is 20.6 Å². The first-order valence-electron chi connectivity index (χ1n) is 10.2. The van der Waals surface area contributed by atoms with Gasteiger partial charge in [-0.1, -0.05) is 17.3 Å². The van der Waals surface area contributed by atoms with Gasteiger partial charge in [0.05, 0.1) is 18.5 Å². The van der Waals surface area contributed by atoms with E-state index in [1.807, 2.05) is 30.3 Å². The molecule has 10 nitrogen and oxygen atoms in total. The van der Waals surface area contributed by atoms with Crippen LogP contribution in [0.15, 0.2) is 42.6 Å². The fourth-order valence-corrected chi connectivity index (χ4v) is 4.06. The van der Waals surface area contributed by atoms with Gasteiger partial charge < -0.3 is 9.64 Å². The molecule has 1 saturated heterocycles. The average molecular weight is 432 g/mol. The molecule has 32 heavy (non-hydrogen) atoms. The molecule has 1 atom stereocenters. The Balaban J connectivity index is 1.39. The highest BCUT2D eigenvalue weighted by atomic mass is 16.5. The number of hydrogen-bond acceptors (Lipinski definition) is 7. The second-order valence-electron chi connectivity index (χ2n) is 7.74. The van der Waals surface area contributed by atoms with Gasteiger partial charge in [-0.2, -0.15) is 0 Å². The Morgan fingerprint density at radius 2 is 2.06 bits per heavy atom. The Labute approximate surface area is 183 Å².